The minimum absolute atomic E-state index is 0.0234. The lowest BCUT2D eigenvalue weighted by Crippen LogP contribution is -2.38. The van der Waals surface area contributed by atoms with Crippen LogP contribution in [-0.2, 0) is 19.1 Å². The number of likely N-dealkylation sites (tertiary alicyclic amines) is 1. The molecule has 0 aromatic heterocycles. The Labute approximate surface area is 177 Å². The molecule has 1 amide bonds. The molecule has 1 heterocycles. The van der Waals surface area contributed by atoms with Crippen LogP contribution >= 0.6 is 0 Å². The van der Waals surface area contributed by atoms with Gasteiger partial charge in [-0.25, -0.2) is 0 Å². The molecule has 160 valence electrons. The van der Waals surface area contributed by atoms with Crippen molar-refractivity contribution in [3.8, 4) is 0 Å². The number of carbonyl (C=O) groups is 3. The molecule has 2 fully saturated rings. The highest BCUT2D eigenvalue weighted by atomic mass is 16.5. The molecule has 6 nitrogen and oxygen atoms in total. The summed E-state index contributed by atoms with van der Waals surface area (Å²) >= 11 is 0. The van der Waals surface area contributed by atoms with E-state index in [1.165, 1.54) is 14.2 Å². The van der Waals surface area contributed by atoms with Gasteiger partial charge in [-0.05, 0) is 61.5 Å². The molecule has 1 aliphatic carbocycles. The van der Waals surface area contributed by atoms with Crippen LogP contribution in [0.15, 0.2) is 41.5 Å². The highest BCUT2D eigenvalue weighted by Crippen LogP contribution is 2.49. The molecule has 0 radical (unpaired) electrons. The Balaban J connectivity index is 2.09. The van der Waals surface area contributed by atoms with Crippen LogP contribution in [0.2, 0.25) is 0 Å². The van der Waals surface area contributed by atoms with Gasteiger partial charge in [-0.3, -0.25) is 14.4 Å². The summed E-state index contributed by atoms with van der Waals surface area (Å²) < 4.78 is 9.93. The van der Waals surface area contributed by atoms with Crippen molar-refractivity contribution in [1.29, 1.82) is 0 Å². The number of hydrogen-bond acceptors (Lipinski definition) is 5. The zero-order valence-corrected chi connectivity index (χ0v) is 18.1. The quantitative estimate of drug-likeness (QED) is 0.557. The first-order valence-electron chi connectivity index (χ1n) is 10.3. The molecule has 0 spiro atoms. The number of methoxy groups -OCH3 is 2. The molecule has 30 heavy (non-hydrogen) atoms. The van der Waals surface area contributed by atoms with E-state index in [0.29, 0.717) is 5.56 Å². The molecule has 2 aliphatic rings. The predicted octanol–water partition coefficient (Wildman–Crippen LogP) is 3.77. The number of ether oxygens (including phenoxy) is 2. The highest BCUT2D eigenvalue weighted by Gasteiger charge is 2.54. The number of hydrogen-bond donors (Lipinski definition) is 0. The summed E-state index contributed by atoms with van der Waals surface area (Å²) in [7, 11) is 2.56. The van der Waals surface area contributed by atoms with Crippen LogP contribution in [0, 0.1) is 5.41 Å². The maximum atomic E-state index is 13.1. The van der Waals surface area contributed by atoms with Crippen molar-refractivity contribution in [3.05, 3.63) is 52.6 Å². The summed E-state index contributed by atoms with van der Waals surface area (Å²) in [6.45, 7) is 5.38. The Morgan fingerprint density at radius 1 is 0.967 bits per heavy atom. The molecular weight excluding hydrogens is 382 g/mol. The number of amides is 1. The normalized spacial score (nSPS) is 20.9. The van der Waals surface area contributed by atoms with Crippen molar-refractivity contribution in [1.82, 2.24) is 4.90 Å². The van der Waals surface area contributed by atoms with Crippen LogP contribution in [0.3, 0.4) is 0 Å². The van der Waals surface area contributed by atoms with Crippen LogP contribution in [0.4, 0.5) is 0 Å². The second-order valence-corrected chi connectivity index (χ2v) is 7.88. The van der Waals surface area contributed by atoms with E-state index in [2.05, 4.69) is 0 Å². The third-order valence-corrected chi connectivity index (χ3v) is 6.27. The van der Waals surface area contributed by atoms with Gasteiger partial charge in [0.1, 0.15) is 0 Å². The summed E-state index contributed by atoms with van der Waals surface area (Å²) in [5.41, 5.74) is 2.75. The van der Waals surface area contributed by atoms with Gasteiger partial charge in [0.2, 0.25) is 0 Å². The fourth-order valence-corrected chi connectivity index (χ4v) is 4.57. The predicted molar refractivity (Wildman–Crippen MR) is 114 cm³/mol. The number of allylic oxidation sites excluding steroid dienone is 4. The fourth-order valence-electron chi connectivity index (χ4n) is 4.57. The van der Waals surface area contributed by atoms with E-state index in [9.17, 15) is 14.4 Å². The Morgan fingerprint density at radius 3 is 2.07 bits per heavy atom. The molecule has 1 saturated carbocycles. The first-order valence-corrected chi connectivity index (χ1v) is 10.3. The minimum Gasteiger partial charge on any atom is -0.468 e. The van der Waals surface area contributed by atoms with Crippen molar-refractivity contribution < 1.29 is 23.9 Å². The molecule has 3 rings (SSSR count). The van der Waals surface area contributed by atoms with Crippen LogP contribution in [-0.4, -0.2) is 50.1 Å². The molecule has 1 aliphatic heterocycles. The van der Waals surface area contributed by atoms with E-state index < -0.39 is 17.4 Å². The SMILES string of the molecule is C/C=C1\CC(C(=O)OC)(C(=O)OC)C\C1=C(/C)c1ccccc1C(=O)N1CCCC1. The molecule has 0 N–H and O–H groups in total. The van der Waals surface area contributed by atoms with Gasteiger partial charge in [-0.15, -0.1) is 0 Å². The molecule has 6 heteroatoms. The van der Waals surface area contributed by atoms with Crippen LogP contribution in [0.25, 0.3) is 5.57 Å². The molecule has 0 atom stereocenters. The van der Waals surface area contributed by atoms with E-state index in [-0.39, 0.29) is 18.7 Å². The van der Waals surface area contributed by atoms with Crippen molar-refractivity contribution in [3.63, 3.8) is 0 Å². The Bertz CT molecular complexity index is 905. The van der Waals surface area contributed by atoms with E-state index in [4.69, 9.17) is 9.47 Å². The van der Waals surface area contributed by atoms with Gasteiger partial charge in [0, 0.05) is 25.1 Å². The number of nitrogens with zero attached hydrogens (tertiary/aromatic N) is 1. The zero-order chi connectivity index (χ0) is 21.9. The molecule has 1 saturated heterocycles. The second kappa shape index (κ2) is 8.86. The van der Waals surface area contributed by atoms with Gasteiger partial charge < -0.3 is 14.4 Å². The van der Waals surface area contributed by atoms with Gasteiger partial charge in [0.15, 0.2) is 5.41 Å². The number of carbonyl (C=O) groups excluding carboxylic acids is 3. The summed E-state index contributed by atoms with van der Waals surface area (Å²) in [5.74, 6) is -1.17. The van der Waals surface area contributed by atoms with Crippen molar-refractivity contribution >= 4 is 23.4 Å². The summed E-state index contributed by atoms with van der Waals surface area (Å²) in [5, 5.41) is 0. The van der Waals surface area contributed by atoms with Crippen LogP contribution < -0.4 is 0 Å². The van der Waals surface area contributed by atoms with E-state index >= 15 is 0 Å². The third kappa shape index (κ3) is 3.66. The number of benzene rings is 1. The van der Waals surface area contributed by atoms with Crippen molar-refractivity contribution in [2.75, 3.05) is 27.3 Å². The summed E-state index contributed by atoms with van der Waals surface area (Å²) in [6.07, 6.45) is 4.37. The number of rotatable bonds is 4. The third-order valence-electron chi connectivity index (χ3n) is 6.27. The van der Waals surface area contributed by atoms with Crippen molar-refractivity contribution in [2.24, 2.45) is 5.41 Å². The Morgan fingerprint density at radius 2 is 1.53 bits per heavy atom. The number of esters is 2. The fraction of sp³-hybridized carbons (Fsp3) is 0.458. The maximum Gasteiger partial charge on any atom is 0.323 e. The van der Waals surface area contributed by atoms with Crippen LogP contribution in [0.5, 0.6) is 0 Å². The zero-order valence-electron chi connectivity index (χ0n) is 18.1. The minimum atomic E-state index is -1.39. The van der Waals surface area contributed by atoms with Crippen molar-refractivity contribution in [2.45, 2.75) is 39.5 Å². The molecule has 0 bridgehead atoms. The Kier molecular flexibility index (Phi) is 6.44. The van der Waals surface area contributed by atoms with E-state index in [1.54, 1.807) is 0 Å². The largest absolute Gasteiger partial charge is 0.468 e. The smallest absolute Gasteiger partial charge is 0.323 e. The van der Waals surface area contributed by atoms with Gasteiger partial charge >= 0.3 is 11.9 Å². The molecule has 0 unspecified atom stereocenters. The maximum absolute atomic E-state index is 13.1. The first kappa shape index (κ1) is 21.8. The standard InChI is InChI=1S/C24H29NO5/c1-5-17-14-24(22(27)29-3,23(28)30-4)15-20(17)16(2)18-10-6-7-11-19(18)21(26)25-12-8-9-13-25/h5-7,10-11H,8-9,12-15H2,1-4H3/b17-5+,20-16-. The molecular formula is C24H29NO5. The average molecular weight is 411 g/mol. The molecule has 1 aromatic rings. The lowest BCUT2D eigenvalue weighted by molar-refractivity contribution is -0.168. The summed E-state index contributed by atoms with van der Waals surface area (Å²) in [4.78, 5) is 40.2. The average Bonchev–Trinajstić information content (AvgIpc) is 3.46. The van der Waals surface area contributed by atoms with E-state index in [1.807, 2.05) is 49.1 Å². The van der Waals surface area contributed by atoms with Gasteiger partial charge in [-0.2, -0.15) is 0 Å². The lowest BCUT2D eigenvalue weighted by Gasteiger charge is -2.22. The lowest BCUT2D eigenvalue weighted by atomic mass is 9.85. The highest BCUT2D eigenvalue weighted by molar-refractivity contribution is 6.04. The van der Waals surface area contributed by atoms with Gasteiger partial charge in [-0.1, -0.05) is 24.3 Å². The Hall–Kier alpha value is -2.89. The van der Waals surface area contributed by atoms with Crippen LogP contribution in [0.1, 0.15) is 55.5 Å². The topological polar surface area (TPSA) is 72.9 Å². The van der Waals surface area contributed by atoms with Gasteiger partial charge in [0.05, 0.1) is 14.2 Å². The molecule has 1 aromatic carbocycles. The van der Waals surface area contributed by atoms with E-state index in [0.717, 1.165) is 48.2 Å². The monoisotopic (exact) mass is 411 g/mol. The van der Waals surface area contributed by atoms with Gasteiger partial charge in [0.25, 0.3) is 5.91 Å². The summed E-state index contributed by atoms with van der Waals surface area (Å²) in [6, 6.07) is 7.54. The second-order valence-electron chi connectivity index (χ2n) is 7.88. The first-order chi connectivity index (χ1) is 14.4.